The number of nitrogens with zero attached hydrogens (tertiary/aromatic N) is 1. The molecule has 80 valence electrons. The van der Waals surface area contributed by atoms with E-state index >= 15 is 0 Å². The largest absolute Gasteiger partial charge is 0.314 e. The smallest absolute Gasteiger partial charge is 0.0601 e. The van der Waals surface area contributed by atoms with Crippen LogP contribution in [-0.2, 0) is 0 Å². The molecular weight excluding hydrogens is 172 g/mol. The number of likely N-dealkylation sites (tertiary alicyclic amines) is 1. The zero-order chi connectivity index (χ0) is 10.6. The highest BCUT2D eigenvalue weighted by Gasteiger charge is 2.30. The van der Waals surface area contributed by atoms with E-state index in [4.69, 9.17) is 6.42 Å². The van der Waals surface area contributed by atoms with E-state index in [1.807, 2.05) is 0 Å². The predicted octanol–water partition coefficient (Wildman–Crippen LogP) is 1.33. The van der Waals surface area contributed by atoms with Crippen molar-refractivity contribution in [1.82, 2.24) is 10.2 Å². The fraction of sp³-hybridized carbons (Fsp3) is 0.833. The molecule has 0 amide bonds. The number of nitrogens with one attached hydrogen (secondary N) is 1. The van der Waals surface area contributed by atoms with Crippen molar-refractivity contribution in [3.8, 4) is 12.3 Å². The minimum Gasteiger partial charge on any atom is -0.314 e. The van der Waals surface area contributed by atoms with Crippen LogP contribution in [0.25, 0.3) is 0 Å². The summed E-state index contributed by atoms with van der Waals surface area (Å²) in [7, 11) is 0. The van der Waals surface area contributed by atoms with Crippen molar-refractivity contribution < 1.29 is 0 Å². The molecular formula is C12H22N2. The van der Waals surface area contributed by atoms with Crippen LogP contribution < -0.4 is 5.32 Å². The summed E-state index contributed by atoms with van der Waals surface area (Å²) in [6.07, 6.45) is 6.58. The van der Waals surface area contributed by atoms with Crippen molar-refractivity contribution in [1.29, 1.82) is 0 Å². The van der Waals surface area contributed by atoms with Gasteiger partial charge in [-0.2, -0.15) is 0 Å². The lowest BCUT2D eigenvalue weighted by atomic mass is 9.87. The molecule has 2 heteroatoms. The molecule has 1 saturated heterocycles. The summed E-state index contributed by atoms with van der Waals surface area (Å²) in [5, 5.41) is 3.55. The Kier molecular flexibility index (Phi) is 4.44. The third-order valence-corrected chi connectivity index (χ3v) is 3.46. The third kappa shape index (κ3) is 2.50. The van der Waals surface area contributed by atoms with E-state index in [-0.39, 0.29) is 0 Å². The maximum Gasteiger partial charge on any atom is 0.0601 e. The summed E-state index contributed by atoms with van der Waals surface area (Å²) in [6, 6.07) is 1.27. The van der Waals surface area contributed by atoms with E-state index in [9.17, 15) is 0 Å². The number of rotatable bonds is 3. The van der Waals surface area contributed by atoms with Gasteiger partial charge in [-0.1, -0.05) is 19.8 Å². The third-order valence-electron chi connectivity index (χ3n) is 3.46. The van der Waals surface area contributed by atoms with Gasteiger partial charge in [-0.15, -0.1) is 6.42 Å². The molecule has 0 aromatic heterocycles. The van der Waals surface area contributed by atoms with Crippen LogP contribution in [-0.4, -0.2) is 36.6 Å². The highest BCUT2D eigenvalue weighted by molar-refractivity contribution is 4.95. The Bertz CT molecular complexity index is 207. The standard InChI is InChI=1S/C12H22N2/c1-5-8-14-9-7-12(13-6-2)10(3)11(14)4/h1,10-13H,6-9H2,2-4H3. The normalized spacial score (nSPS) is 34.0. The van der Waals surface area contributed by atoms with Gasteiger partial charge in [0.15, 0.2) is 0 Å². The molecule has 0 aromatic rings. The van der Waals surface area contributed by atoms with Crippen LogP contribution >= 0.6 is 0 Å². The van der Waals surface area contributed by atoms with Gasteiger partial charge < -0.3 is 5.32 Å². The molecule has 1 heterocycles. The molecule has 0 spiro atoms. The monoisotopic (exact) mass is 194 g/mol. The van der Waals surface area contributed by atoms with E-state index in [0.717, 1.165) is 19.6 Å². The van der Waals surface area contributed by atoms with Crippen LogP contribution in [0.4, 0.5) is 0 Å². The minimum atomic E-state index is 0.601. The first-order chi connectivity index (χ1) is 6.70. The molecule has 2 nitrogen and oxygen atoms in total. The first-order valence-corrected chi connectivity index (χ1v) is 5.61. The van der Waals surface area contributed by atoms with Crippen molar-refractivity contribution in [2.75, 3.05) is 19.6 Å². The van der Waals surface area contributed by atoms with Crippen molar-refractivity contribution >= 4 is 0 Å². The lowest BCUT2D eigenvalue weighted by molar-refractivity contribution is 0.0987. The predicted molar refractivity (Wildman–Crippen MR) is 61.1 cm³/mol. The second-order valence-electron chi connectivity index (χ2n) is 4.23. The van der Waals surface area contributed by atoms with Gasteiger partial charge in [0.1, 0.15) is 0 Å². The van der Waals surface area contributed by atoms with Crippen LogP contribution in [0.3, 0.4) is 0 Å². The average Bonchev–Trinajstić information content (AvgIpc) is 2.18. The molecule has 0 radical (unpaired) electrons. The zero-order valence-electron chi connectivity index (χ0n) is 9.59. The molecule has 0 saturated carbocycles. The first-order valence-electron chi connectivity index (χ1n) is 5.61. The number of terminal acetylenes is 1. The summed E-state index contributed by atoms with van der Waals surface area (Å²) >= 11 is 0. The van der Waals surface area contributed by atoms with E-state index in [1.165, 1.54) is 6.42 Å². The molecule has 1 fully saturated rings. The zero-order valence-corrected chi connectivity index (χ0v) is 9.59. The summed E-state index contributed by atoms with van der Waals surface area (Å²) in [5.41, 5.74) is 0. The molecule has 1 aliphatic rings. The molecule has 0 aromatic carbocycles. The molecule has 1 aliphatic heterocycles. The lowest BCUT2D eigenvalue weighted by Crippen LogP contribution is -2.53. The summed E-state index contributed by atoms with van der Waals surface area (Å²) in [6.45, 7) is 9.77. The van der Waals surface area contributed by atoms with Crippen LogP contribution in [0.15, 0.2) is 0 Å². The SMILES string of the molecule is C#CCN1CCC(NCC)C(C)C1C. The quantitative estimate of drug-likeness (QED) is 0.682. The fourth-order valence-corrected chi connectivity index (χ4v) is 2.33. The van der Waals surface area contributed by atoms with Crippen molar-refractivity contribution in [2.24, 2.45) is 5.92 Å². The Balaban J connectivity index is 2.51. The first kappa shape index (κ1) is 11.6. The average molecular weight is 194 g/mol. The second kappa shape index (κ2) is 5.38. The maximum absolute atomic E-state index is 5.35. The molecule has 0 bridgehead atoms. The number of hydrogen-bond donors (Lipinski definition) is 1. The maximum atomic E-state index is 5.35. The van der Waals surface area contributed by atoms with Crippen molar-refractivity contribution in [3.05, 3.63) is 0 Å². The van der Waals surface area contributed by atoms with E-state index < -0.39 is 0 Å². The highest BCUT2D eigenvalue weighted by atomic mass is 15.2. The minimum absolute atomic E-state index is 0.601. The Hall–Kier alpha value is -0.520. The molecule has 1 N–H and O–H groups in total. The van der Waals surface area contributed by atoms with Crippen LogP contribution in [0.1, 0.15) is 27.2 Å². The van der Waals surface area contributed by atoms with Gasteiger partial charge in [0.05, 0.1) is 6.54 Å². The molecule has 3 unspecified atom stereocenters. The van der Waals surface area contributed by atoms with E-state index in [0.29, 0.717) is 18.0 Å². The molecule has 0 aliphatic carbocycles. The Labute approximate surface area is 88.1 Å². The summed E-state index contributed by atoms with van der Waals surface area (Å²) in [4.78, 5) is 2.40. The fourth-order valence-electron chi connectivity index (χ4n) is 2.33. The lowest BCUT2D eigenvalue weighted by Gasteiger charge is -2.42. The molecule has 3 atom stereocenters. The summed E-state index contributed by atoms with van der Waals surface area (Å²) < 4.78 is 0. The van der Waals surface area contributed by atoms with Gasteiger partial charge in [0.2, 0.25) is 0 Å². The van der Waals surface area contributed by atoms with Gasteiger partial charge in [0, 0.05) is 18.6 Å². The van der Waals surface area contributed by atoms with Crippen LogP contribution in [0.2, 0.25) is 0 Å². The van der Waals surface area contributed by atoms with E-state index in [2.05, 4.69) is 36.9 Å². The second-order valence-corrected chi connectivity index (χ2v) is 4.23. The summed E-state index contributed by atoms with van der Waals surface area (Å²) in [5.74, 6) is 3.43. The van der Waals surface area contributed by atoms with Gasteiger partial charge in [-0.3, -0.25) is 4.90 Å². The van der Waals surface area contributed by atoms with Crippen molar-refractivity contribution in [2.45, 2.75) is 39.3 Å². The number of piperidine rings is 1. The van der Waals surface area contributed by atoms with E-state index in [1.54, 1.807) is 0 Å². The topological polar surface area (TPSA) is 15.3 Å². The Morgan fingerprint density at radius 3 is 2.79 bits per heavy atom. The Morgan fingerprint density at radius 1 is 1.50 bits per heavy atom. The number of hydrogen-bond acceptors (Lipinski definition) is 2. The van der Waals surface area contributed by atoms with Crippen LogP contribution in [0, 0.1) is 18.3 Å². The van der Waals surface area contributed by atoms with Gasteiger partial charge in [-0.05, 0) is 25.8 Å². The Morgan fingerprint density at radius 2 is 2.21 bits per heavy atom. The van der Waals surface area contributed by atoms with Crippen molar-refractivity contribution in [3.63, 3.8) is 0 Å². The van der Waals surface area contributed by atoms with Gasteiger partial charge in [-0.25, -0.2) is 0 Å². The molecule has 1 rings (SSSR count). The highest BCUT2D eigenvalue weighted by Crippen LogP contribution is 2.22. The van der Waals surface area contributed by atoms with Gasteiger partial charge in [0.25, 0.3) is 0 Å². The van der Waals surface area contributed by atoms with Crippen LogP contribution in [0.5, 0.6) is 0 Å². The van der Waals surface area contributed by atoms with Gasteiger partial charge >= 0.3 is 0 Å². The molecule has 14 heavy (non-hydrogen) atoms.